The molecule has 116 valence electrons. The number of aldehydes is 1. The fourth-order valence-electron chi connectivity index (χ4n) is 1.86. The summed E-state index contributed by atoms with van der Waals surface area (Å²) in [5.74, 6) is 0.241. The summed E-state index contributed by atoms with van der Waals surface area (Å²) in [6.07, 6.45) is 7.73. The van der Waals surface area contributed by atoms with Crippen LogP contribution in [0.1, 0.15) is 48.0 Å². The first-order valence-electron chi connectivity index (χ1n) is 7.47. The summed E-state index contributed by atoms with van der Waals surface area (Å²) in [6.45, 7) is 17.4. The van der Waals surface area contributed by atoms with Crippen LogP contribution in [0.25, 0.3) is 0 Å². The number of carbonyl (C=O) groups excluding carboxylic acids is 1. The molecular formula is C17H32O2Si. The Labute approximate surface area is 126 Å². The van der Waals surface area contributed by atoms with E-state index in [-0.39, 0.29) is 17.1 Å². The van der Waals surface area contributed by atoms with Crippen LogP contribution in [0.4, 0.5) is 0 Å². The summed E-state index contributed by atoms with van der Waals surface area (Å²) < 4.78 is 6.42. The van der Waals surface area contributed by atoms with E-state index in [1.54, 1.807) is 0 Å². The van der Waals surface area contributed by atoms with Crippen molar-refractivity contribution in [2.45, 2.75) is 72.2 Å². The Morgan fingerprint density at radius 3 is 2.25 bits per heavy atom. The van der Waals surface area contributed by atoms with Crippen molar-refractivity contribution in [3.8, 4) is 0 Å². The minimum atomic E-state index is -1.84. The Kier molecular flexibility index (Phi) is 7.67. The van der Waals surface area contributed by atoms with Crippen molar-refractivity contribution >= 4 is 14.6 Å². The van der Waals surface area contributed by atoms with Gasteiger partial charge in [0.05, 0.1) is 6.10 Å². The maximum Gasteiger partial charge on any atom is 0.192 e. The van der Waals surface area contributed by atoms with E-state index in [9.17, 15) is 4.79 Å². The Hall–Kier alpha value is -0.673. The minimum Gasteiger partial charge on any atom is -0.413 e. The predicted octanol–water partition coefficient (Wildman–Crippen LogP) is 5.12. The van der Waals surface area contributed by atoms with E-state index in [2.05, 4.69) is 59.9 Å². The van der Waals surface area contributed by atoms with E-state index in [4.69, 9.17) is 4.43 Å². The number of rotatable bonds is 7. The first kappa shape index (κ1) is 19.3. The standard InChI is InChI=1S/C17H32O2Si/c1-9-10-14(2)13-15(3)16(11-12-18)19-20(7,8)17(4,5)6/h9-10,12-13,15-16H,11H2,1-8H3/b10-9-,14-13+/t15-,16-/m0/s1. The monoisotopic (exact) mass is 296 g/mol. The highest BCUT2D eigenvalue weighted by atomic mass is 28.4. The quantitative estimate of drug-likeness (QED) is 0.370. The topological polar surface area (TPSA) is 26.3 Å². The predicted molar refractivity (Wildman–Crippen MR) is 90.5 cm³/mol. The molecule has 0 rings (SSSR count). The molecule has 0 radical (unpaired) electrons. The number of hydrogen-bond donors (Lipinski definition) is 0. The van der Waals surface area contributed by atoms with Crippen molar-refractivity contribution in [3.63, 3.8) is 0 Å². The highest BCUT2D eigenvalue weighted by Crippen LogP contribution is 2.38. The third kappa shape index (κ3) is 6.19. The third-order valence-corrected chi connectivity index (χ3v) is 8.63. The van der Waals surface area contributed by atoms with Crippen LogP contribution in [-0.4, -0.2) is 20.7 Å². The van der Waals surface area contributed by atoms with E-state index in [1.807, 2.05) is 13.0 Å². The average molecular weight is 297 g/mol. The van der Waals surface area contributed by atoms with Gasteiger partial charge in [0.25, 0.3) is 0 Å². The summed E-state index contributed by atoms with van der Waals surface area (Å²) in [6, 6.07) is 0. The highest BCUT2D eigenvalue weighted by molar-refractivity contribution is 6.74. The Morgan fingerprint density at radius 1 is 1.30 bits per heavy atom. The van der Waals surface area contributed by atoms with Gasteiger partial charge in [-0.25, -0.2) is 0 Å². The van der Waals surface area contributed by atoms with Crippen LogP contribution in [-0.2, 0) is 9.22 Å². The third-order valence-electron chi connectivity index (χ3n) is 4.12. The lowest BCUT2D eigenvalue weighted by molar-refractivity contribution is -0.109. The smallest absolute Gasteiger partial charge is 0.192 e. The van der Waals surface area contributed by atoms with Crippen molar-refractivity contribution in [1.82, 2.24) is 0 Å². The molecule has 0 N–H and O–H groups in total. The molecule has 3 heteroatoms. The Bertz CT molecular complexity index is 362. The lowest BCUT2D eigenvalue weighted by atomic mass is 9.99. The molecule has 0 amide bonds. The normalized spacial score (nSPS) is 17.3. The molecule has 0 saturated carbocycles. The molecule has 0 spiro atoms. The van der Waals surface area contributed by atoms with E-state index < -0.39 is 8.32 Å². The summed E-state index contributed by atoms with van der Waals surface area (Å²) in [5, 5.41) is 0.163. The molecule has 20 heavy (non-hydrogen) atoms. The van der Waals surface area contributed by atoms with E-state index in [0.717, 1.165) is 6.29 Å². The SMILES string of the molecule is C/C=C\C(C)=C\[C@H](C)[C@H](CC=O)O[Si](C)(C)C(C)(C)C. The second-order valence-electron chi connectivity index (χ2n) is 7.09. The maximum absolute atomic E-state index is 11.0. The van der Waals surface area contributed by atoms with Crippen LogP contribution in [0.2, 0.25) is 18.1 Å². The van der Waals surface area contributed by atoms with Crippen molar-refractivity contribution in [2.75, 3.05) is 0 Å². The fourth-order valence-corrected chi connectivity index (χ4v) is 3.28. The molecule has 0 aliphatic heterocycles. The largest absolute Gasteiger partial charge is 0.413 e. The van der Waals surface area contributed by atoms with E-state index in [0.29, 0.717) is 6.42 Å². The van der Waals surface area contributed by atoms with Crippen LogP contribution >= 0.6 is 0 Å². The fraction of sp³-hybridized carbons (Fsp3) is 0.706. The number of carbonyl (C=O) groups is 1. The van der Waals surface area contributed by atoms with Gasteiger partial charge in [-0.3, -0.25) is 0 Å². The van der Waals surface area contributed by atoms with Crippen molar-refractivity contribution in [2.24, 2.45) is 5.92 Å². The van der Waals surface area contributed by atoms with E-state index >= 15 is 0 Å². The number of allylic oxidation sites excluding steroid dienone is 3. The van der Waals surface area contributed by atoms with Gasteiger partial charge in [0.2, 0.25) is 0 Å². The van der Waals surface area contributed by atoms with Crippen molar-refractivity contribution in [3.05, 3.63) is 23.8 Å². The molecule has 0 heterocycles. The molecule has 0 aromatic rings. The van der Waals surface area contributed by atoms with Crippen LogP contribution in [0.3, 0.4) is 0 Å². The highest BCUT2D eigenvalue weighted by Gasteiger charge is 2.39. The van der Waals surface area contributed by atoms with Crippen LogP contribution in [0, 0.1) is 5.92 Å². The molecule has 0 aliphatic rings. The summed E-state index contributed by atoms with van der Waals surface area (Å²) in [5.41, 5.74) is 1.22. The van der Waals surface area contributed by atoms with Gasteiger partial charge in [-0.15, -0.1) is 0 Å². The Balaban J connectivity index is 5.07. The second kappa shape index (κ2) is 7.94. The summed E-state index contributed by atoms with van der Waals surface area (Å²) in [7, 11) is -1.84. The van der Waals surface area contributed by atoms with Gasteiger partial charge in [-0.2, -0.15) is 0 Å². The zero-order valence-electron chi connectivity index (χ0n) is 14.5. The molecule has 0 aromatic heterocycles. The van der Waals surface area contributed by atoms with Crippen LogP contribution < -0.4 is 0 Å². The lowest BCUT2D eigenvalue weighted by Gasteiger charge is -2.40. The molecule has 0 unspecified atom stereocenters. The van der Waals surface area contributed by atoms with Crippen molar-refractivity contribution < 1.29 is 9.22 Å². The van der Waals surface area contributed by atoms with Gasteiger partial charge < -0.3 is 9.22 Å². The molecule has 0 aromatic carbocycles. The Morgan fingerprint density at radius 2 is 1.85 bits per heavy atom. The zero-order chi connectivity index (χ0) is 16.0. The second-order valence-corrected chi connectivity index (χ2v) is 11.8. The maximum atomic E-state index is 11.0. The zero-order valence-corrected chi connectivity index (χ0v) is 15.5. The molecular weight excluding hydrogens is 264 g/mol. The van der Waals surface area contributed by atoms with Gasteiger partial charge in [-0.05, 0) is 37.9 Å². The van der Waals surface area contributed by atoms with E-state index in [1.165, 1.54) is 5.57 Å². The average Bonchev–Trinajstić information content (AvgIpc) is 2.26. The molecule has 0 saturated heterocycles. The first-order chi connectivity index (χ1) is 9.05. The molecule has 0 bridgehead atoms. The number of hydrogen-bond acceptors (Lipinski definition) is 2. The lowest BCUT2D eigenvalue weighted by Crippen LogP contribution is -2.45. The van der Waals surface area contributed by atoms with Gasteiger partial charge >= 0.3 is 0 Å². The van der Waals surface area contributed by atoms with Crippen molar-refractivity contribution in [1.29, 1.82) is 0 Å². The van der Waals surface area contributed by atoms with Gasteiger partial charge in [0, 0.05) is 6.42 Å². The molecule has 2 atom stereocenters. The van der Waals surface area contributed by atoms with Gasteiger partial charge in [-0.1, -0.05) is 51.5 Å². The van der Waals surface area contributed by atoms with Crippen LogP contribution in [0.15, 0.2) is 23.8 Å². The van der Waals surface area contributed by atoms with Gasteiger partial charge in [0.1, 0.15) is 6.29 Å². The van der Waals surface area contributed by atoms with Gasteiger partial charge in [0.15, 0.2) is 8.32 Å². The summed E-state index contributed by atoms with van der Waals surface area (Å²) in [4.78, 5) is 11.0. The summed E-state index contributed by atoms with van der Waals surface area (Å²) >= 11 is 0. The molecule has 2 nitrogen and oxygen atoms in total. The minimum absolute atomic E-state index is 0.0198. The first-order valence-corrected chi connectivity index (χ1v) is 10.4. The molecule has 0 fully saturated rings. The van der Waals surface area contributed by atoms with Crippen LogP contribution in [0.5, 0.6) is 0 Å². The molecule has 0 aliphatic carbocycles.